The summed E-state index contributed by atoms with van der Waals surface area (Å²) in [6, 6.07) is 2.36. The molecular formula is C17H23F3N2O4. The van der Waals surface area contributed by atoms with Crippen LogP contribution in [-0.4, -0.2) is 47.1 Å². The molecule has 146 valence electrons. The molecule has 1 aromatic heterocycles. The number of nitrogens with zero attached hydrogens (tertiary/aromatic N) is 1. The van der Waals surface area contributed by atoms with Gasteiger partial charge in [0.05, 0.1) is 5.92 Å². The quantitative estimate of drug-likeness (QED) is 0.797. The zero-order valence-electron chi connectivity index (χ0n) is 14.9. The number of halogens is 3. The molecule has 9 heteroatoms. The molecule has 2 heterocycles. The zero-order valence-corrected chi connectivity index (χ0v) is 14.9. The first-order chi connectivity index (χ1) is 12.0. The van der Waals surface area contributed by atoms with Crippen LogP contribution in [0.3, 0.4) is 0 Å². The average molecular weight is 376 g/mol. The maximum Gasteiger partial charge on any atom is 0.424 e. The van der Waals surface area contributed by atoms with Crippen molar-refractivity contribution in [3.8, 4) is 0 Å². The van der Waals surface area contributed by atoms with Gasteiger partial charge in [0.2, 0.25) is 17.4 Å². The van der Waals surface area contributed by atoms with Crippen LogP contribution in [0, 0.1) is 12.8 Å². The second kappa shape index (κ2) is 7.30. The first-order valence-corrected chi connectivity index (χ1v) is 8.39. The van der Waals surface area contributed by atoms with Gasteiger partial charge in [-0.25, -0.2) is 0 Å². The molecule has 0 bridgehead atoms. The molecule has 2 N–H and O–H groups in total. The maximum absolute atomic E-state index is 13.3. The van der Waals surface area contributed by atoms with Crippen LogP contribution in [0.4, 0.5) is 13.2 Å². The largest absolute Gasteiger partial charge is 0.463 e. The Balaban J connectivity index is 1.98. The number of nitrogens with one attached hydrogen (secondary N) is 1. The van der Waals surface area contributed by atoms with Crippen molar-refractivity contribution in [1.29, 1.82) is 0 Å². The van der Waals surface area contributed by atoms with E-state index < -0.39 is 42.3 Å². The van der Waals surface area contributed by atoms with Gasteiger partial charge in [-0.15, -0.1) is 0 Å². The van der Waals surface area contributed by atoms with Gasteiger partial charge in [0, 0.05) is 32.0 Å². The molecule has 26 heavy (non-hydrogen) atoms. The first-order valence-electron chi connectivity index (χ1n) is 8.39. The molecule has 0 unspecified atom stereocenters. The fraction of sp³-hybridized carbons (Fsp3) is 0.647. The molecule has 1 fully saturated rings. The maximum atomic E-state index is 13.3. The Bertz CT molecular complexity index is 671. The van der Waals surface area contributed by atoms with Crippen molar-refractivity contribution >= 4 is 11.8 Å². The van der Waals surface area contributed by atoms with Gasteiger partial charge < -0.3 is 19.7 Å². The molecule has 0 radical (unpaired) electrons. The number of aliphatic hydroxyl groups is 1. The highest BCUT2D eigenvalue weighted by atomic mass is 19.4. The molecule has 0 aromatic carbocycles. The van der Waals surface area contributed by atoms with Crippen LogP contribution >= 0.6 is 0 Å². The Hall–Kier alpha value is -2.03. The summed E-state index contributed by atoms with van der Waals surface area (Å²) in [5, 5.41) is 12.5. The Morgan fingerprint density at radius 3 is 2.54 bits per heavy atom. The van der Waals surface area contributed by atoms with Gasteiger partial charge in [0.1, 0.15) is 11.5 Å². The van der Waals surface area contributed by atoms with E-state index >= 15 is 0 Å². The van der Waals surface area contributed by atoms with E-state index in [1.54, 1.807) is 4.90 Å². The molecule has 0 saturated carbocycles. The predicted molar refractivity (Wildman–Crippen MR) is 86.0 cm³/mol. The van der Waals surface area contributed by atoms with Crippen molar-refractivity contribution in [2.24, 2.45) is 5.92 Å². The summed E-state index contributed by atoms with van der Waals surface area (Å²) >= 11 is 0. The Kier molecular flexibility index (Phi) is 5.70. The molecule has 1 aliphatic heterocycles. The number of likely N-dealkylation sites (tertiary alicyclic amines) is 1. The van der Waals surface area contributed by atoms with Gasteiger partial charge in [-0.1, -0.05) is 0 Å². The van der Waals surface area contributed by atoms with Crippen molar-refractivity contribution in [2.45, 2.75) is 51.4 Å². The van der Waals surface area contributed by atoms with Crippen LogP contribution in [0.15, 0.2) is 16.5 Å². The molecule has 2 rings (SSSR count). The standard InChI is InChI=1S/C17H23F3N2O4/c1-10(2)22-9-12(8-14(22)23)15(24)21-7-6-16(25,17(18,19)20)13-5-4-11(3)26-13/h4-5,10,12,25H,6-9H2,1-3H3,(H,21,24)/t12-,16+/m1/s1. The number of carbonyl (C=O) groups excluding carboxylic acids is 2. The highest BCUT2D eigenvalue weighted by Gasteiger charge is 2.56. The summed E-state index contributed by atoms with van der Waals surface area (Å²) in [6.45, 7) is 4.96. The van der Waals surface area contributed by atoms with Crippen LogP contribution in [0.1, 0.15) is 38.2 Å². The Morgan fingerprint density at radius 2 is 2.08 bits per heavy atom. The summed E-state index contributed by atoms with van der Waals surface area (Å²) in [7, 11) is 0. The molecular weight excluding hydrogens is 353 g/mol. The fourth-order valence-electron chi connectivity index (χ4n) is 2.98. The predicted octanol–water partition coefficient (Wildman–Crippen LogP) is 2.10. The number of carbonyl (C=O) groups is 2. The number of aryl methyl sites for hydroxylation is 1. The number of alkyl halides is 3. The van der Waals surface area contributed by atoms with E-state index in [1.165, 1.54) is 13.0 Å². The third-order valence-corrected chi connectivity index (χ3v) is 4.56. The van der Waals surface area contributed by atoms with E-state index in [9.17, 15) is 27.9 Å². The van der Waals surface area contributed by atoms with Crippen molar-refractivity contribution in [3.63, 3.8) is 0 Å². The fourth-order valence-corrected chi connectivity index (χ4v) is 2.98. The second-order valence-electron chi connectivity index (χ2n) is 6.85. The molecule has 1 aromatic rings. The molecule has 6 nitrogen and oxygen atoms in total. The summed E-state index contributed by atoms with van der Waals surface area (Å²) in [6.07, 6.45) is -5.71. The van der Waals surface area contributed by atoms with Gasteiger partial charge in [-0.2, -0.15) is 13.2 Å². The van der Waals surface area contributed by atoms with Crippen LogP contribution < -0.4 is 5.32 Å². The van der Waals surface area contributed by atoms with Crippen molar-refractivity contribution in [3.05, 3.63) is 23.7 Å². The lowest BCUT2D eigenvalue weighted by Crippen LogP contribution is -2.45. The highest BCUT2D eigenvalue weighted by molar-refractivity contribution is 5.89. The number of hydrogen-bond acceptors (Lipinski definition) is 4. The smallest absolute Gasteiger partial charge is 0.424 e. The third kappa shape index (κ3) is 4.03. The first kappa shape index (κ1) is 20.3. The van der Waals surface area contributed by atoms with Crippen LogP contribution in [-0.2, 0) is 15.2 Å². The average Bonchev–Trinajstić information content (AvgIpc) is 3.12. The van der Waals surface area contributed by atoms with E-state index in [0.29, 0.717) is 0 Å². The highest BCUT2D eigenvalue weighted by Crippen LogP contribution is 2.42. The summed E-state index contributed by atoms with van der Waals surface area (Å²) in [5.41, 5.74) is -3.19. The van der Waals surface area contributed by atoms with Crippen LogP contribution in [0.25, 0.3) is 0 Å². The molecule has 1 aliphatic rings. The van der Waals surface area contributed by atoms with Crippen molar-refractivity contribution < 1.29 is 32.3 Å². The minimum absolute atomic E-state index is 0.0327. The van der Waals surface area contributed by atoms with E-state index in [-0.39, 0.29) is 30.7 Å². The summed E-state index contributed by atoms with van der Waals surface area (Å²) < 4.78 is 45.0. The number of furan rings is 1. The topological polar surface area (TPSA) is 82.8 Å². The van der Waals surface area contributed by atoms with Crippen LogP contribution in [0.2, 0.25) is 0 Å². The Labute approximate surface area is 149 Å². The van der Waals surface area contributed by atoms with Gasteiger partial charge >= 0.3 is 6.18 Å². The lowest BCUT2D eigenvalue weighted by molar-refractivity contribution is -0.274. The molecule has 1 saturated heterocycles. The molecule has 2 atom stereocenters. The monoisotopic (exact) mass is 376 g/mol. The van der Waals surface area contributed by atoms with Crippen molar-refractivity contribution in [2.75, 3.05) is 13.1 Å². The van der Waals surface area contributed by atoms with E-state index in [1.807, 2.05) is 13.8 Å². The van der Waals surface area contributed by atoms with E-state index in [0.717, 1.165) is 6.07 Å². The molecule has 0 spiro atoms. The zero-order chi connectivity index (χ0) is 19.7. The summed E-state index contributed by atoms with van der Waals surface area (Å²) in [5.74, 6) is -1.63. The molecule has 0 aliphatic carbocycles. The van der Waals surface area contributed by atoms with Gasteiger partial charge in [0.25, 0.3) is 0 Å². The van der Waals surface area contributed by atoms with Crippen molar-refractivity contribution in [1.82, 2.24) is 10.2 Å². The van der Waals surface area contributed by atoms with Gasteiger partial charge in [-0.3, -0.25) is 9.59 Å². The third-order valence-electron chi connectivity index (χ3n) is 4.56. The van der Waals surface area contributed by atoms with Crippen LogP contribution in [0.5, 0.6) is 0 Å². The van der Waals surface area contributed by atoms with E-state index in [4.69, 9.17) is 4.42 Å². The lowest BCUT2D eigenvalue weighted by Gasteiger charge is -2.28. The second-order valence-corrected chi connectivity index (χ2v) is 6.85. The summed E-state index contributed by atoms with van der Waals surface area (Å²) in [4.78, 5) is 25.5. The number of rotatable bonds is 6. The SMILES string of the molecule is Cc1ccc([C@@](O)(CCNC(=O)[C@@H]2CC(=O)N(C(C)C)C2)C(F)(F)F)o1. The van der Waals surface area contributed by atoms with Gasteiger partial charge in [0.15, 0.2) is 0 Å². The lowest BCUT2D eigenvalue weighted by atomic mass is 9.95. The number of hydrogen-bond donors (Lipinski definition) is 2. The number of amides is 2. The minimum atomic E-state index is -4.96. The molecule has 2 amide bonds. The normalized spacial score (nSPS) is 20.5. The minimum Gasteiger partial charge on any atom is -0.463 e. The van der Waals surface area contributed by atoms with E-state index in [2.05, 4.69) is 5.32 Å². The van der Waals surface area contributed by atoms with Gasteiger partial charge in [-0.05, 0) is 32.9 Å². The Morgan fingerprint density at radius 1 is 1.42 bits per heavy atom.